The van der Waals surface area contributed by atoms with Crippen LogP contribution in [0.5, 0.6) is 0 Å². The van der Waals surface area contributed by atoms with Crippen molar-refractivity contribution < 1.29 is 4.92 Å². The normalized spacial score (nSPS) is 10.3. The minimum atomic E-state index is -0.386. The lowest BCUT2D eigenvalue weighted by Crippen LogP contribution is -2.15. The highest BCUT2D eigenvalue weighted by atomic mass is 16.6. The lowest BCUT2D eigenvalue weighted by atomic mass is 10.1. The molecule has 0 heterocycles. The van der Waals surface area contributed by atoms with Gasteiger partial charge in [0.1, 0.15) is 0 Å². The number of hydrogen-bond donors (Lipinski definition) is 2. The van der Waals surface area contributed by atoms with Crippen molar-refractivity contribution in [3.8, 4) is 0 Å². The van der Waals surface area contributed by atoms with Crippen LogP contribution in [0.1, 0.15) is 16.7 Å². The Morgan fingerprint density at radius 2 is 1.64 bits per heavy atom. The van der Waals surface area contributed by atoms with Crippen LogP contribution in [0.2, 0.25) is 0 Å². The second-order valence-corrected chi connectivity index (χ2v) is 5.43. The van der Waals surface area contributed by atoms with Gasteiger partial charge in [-0.25, -0.2) is 0 Å². The number of nitrogens with zero attached hydrogens (tertiary/aromatic N) is 1. The first-order valence-electron chi connectivity index (χ1n) is 7.27. The van der Waals surface area contributed by atoms with Gasteiger partial charge in [-0.1, -0.05) is 23.8 Å². The standard InChI is InChI=1S/C17H21N3O2/c1-12-9-13(2)17(14(3)10-12)19-8-7-18-15-5-4-6-16(11-15)20(21)22/h4-6,9-11,18-19H,7-8H2,1-3H3. The molecule has 0 aliphatic carbocycles. The first-order valence-corrected chi connectivity index (χ1v) is 7.27. The van der Waals surface area contributed by atoms with Gasteiger partial charge in [0, 0.05) is 36.6 Å². The van der Waals surface area contributed by atoms with Crippen molar-refractivity contribution in [3.05, 3.63) is 63.2 Å². The van der Waals surface area contributed by atoms with Crippen molar-refractivity contribution in [2.45, 2.75) is 20.8 Å². The summed E-state index contributed by atoms with van der Waals surface area (Å²) in [6.45, 7) is 7.71. The predicted octanol–water partition coefficient (Wildman–Crippen LogP) is 4.04. The lowest BCUT2D eigenvalue weighted by Gasteiger charge is -2.14. The molecule has 0 bridgehead atoms. The highest BCUT2D eigenvalue weighted by Crippen LogP contribution is 2.21. The minimum Gasteiger partial charge on any atom is -0.383 e. The van der Waals surface area contributed by atoms with E-state index in [0.29, 0.717) is 6.54 Å². The molecule has 2 aromatic carbocycles. The summed E-state index contributed by atoms with van der Waals surface area (Å²) in [4.78, 5) is 10.3. The van der Waals surface area contributed by atoms with Crippen LogP contribution in [0.15, 0.2) is 36.4 Å². The Labute approximate surface area is 130 Å². The maximum atomic E-state index is 10.7. The molecule has 0 aliphatic heterocycles. The maximum Gasteiger partial charge on any atom is 0.271 e. The van der Waals surface area contributed by atoms with Crippen LogP contribution < -0.4 is 10.6 Å². The summed E-state index contributed by atoms with van der Waals surface area (Å²) in [5.74, 6) is 0. The van der Waals surface area contributed by atoms with E-state index >= 15 is 0 Å². The van der Waals surface area contributed by atoms with Gasteiger partial charge in [0.2, 0.25) is 0 Å². The Kier molecular flexibility index (Phi) is 4.99. The summed E-state index contributed by atoms with van der Waals surface area (Å²) >= 11 is 0. The second kappa shape index (κ2) is 6.93. The van der Waals surface area contributed by atoms with Crippen molar-refractivity contribution in [1.82, 2.24) is 0 Å². The molecule has 5 heteroatoms. The van der Waals surface area contributed by atoms with Crippen LogP contribution in [-0.2, 0) is 0 Å². The van der Waals surface area contributed by atoms with E-state index in [0.717, 1.165) is 17.9 Å². The first-order chi connectivity index (χ1) is 10.5. The molecule has 0 amide bonds. The van der Waals surface area contributed by atoms with Crippen LogP contribution in [-0.4, -0.2) is 18.0 Å². The van der Waals surface area contributed by atoms with Crippen LogP contribution in [0.4, 0.5) is 17.1 Å². The van der Waals surface area contributed by atoms with E-state index in [2.05, 4.69) is 43.5 Å². The molecule has 5 nitrogen and oxygen atoms in total. The number of rotatable bonds is 6. The Morgan fingerprint density at radius 1 is 1.00 bits per heavy atom. The van der Waals surface area contributed by atoms with E-state index in [1.165, 1.54) is 22.8 Å². The molecular weight excluding hydrogens is 278 g/mol. The van der Waals surface area contributed by atoms with E-state index in [9.17, 15) is 10.1 Å². The Hall–Kier alpha value is -2.56. The summed E-state index contributed by atoms with van der Waals surface area (Å²) in [5.41, 5.74) is 5.74. The molecule has 0 radical (unpaired) electrons. The molecule has 22 heavy (non-hydrogen) atoms. The van der Waals surface area contributed by atoms with Crippen molar-refractivity contribution >= 4 is 17.1 Å². The van der Waals surface area contributed by atoms with E-state index in [1.807, 2.05) is 6.07 Å². The number of anilines is 2. The molecule has 0 spiro atoms. The predicted molar refractivity (Wildman–Crippen MR) is 90.7 cm³/mol. The van der Waals surface area contributed by atoms with Crippen molar-refractivity contribution in [1.29, 1.82) is 0 Å². The van der Waals surface area contributed by atoms with E-state index in [1.54, 1.807) is 12.1 Å². The molecule has 0 fully saturated rings. The number of hydrogen-bond acceptors (Lipinski definition) is 4. The van der Waals surface area contributed by atoms with Gasteiger partial charge in [0.25, 0.3) is 5.69 Å². The van der Waals surface area contributed by atoms with Gasteiger partial charge in [-0.2, -0.15) is 0 Å². The maximum absolute atomic E-state index is 10.7. The van der Waals surface area contributed by atoms with Crippen LogP contribution in [0.25, 0.3) is 0 Å². The third kappa shape index (κ3) is 3.97. The van der Waals surface area contributed by atoms with Gasteiger partial charge in [-0.3, -0.25) is 10.1 Å². The SMILES string of the molecule is Cc1cc(C)c(NCCNc2cccc([N+](=O)[O-])c2)c(C)c1. The number of aryl methyl sites for hydroxylation is 3. The third-order valence-corrected chi connectivity index (χ3v) is 3.49. The van der Waals surface area contributed by atoms with Gasteiger partial charge in [0.05, 0.1) is 4.92 Å². The zero-order valence-corrected chi connectivity index (χ0v) is 13.1. The number of benzene rings is 2. The Morgan fingerprint density at radius 3 is 2.27 bits per heavy atom. The largest absolute Gasteiger partial charge is 0.383 e. The average molecular weight is 299 g/mol. The highest BCUT2D eigenvalue weighted by molar-refractivity contribution is 5.58. The molecule has 0 saturated carbocycles. The summed E-state index contributed by atoms with van der Waals surface area (Å²) in [6.07, 6.45) is 0. The zero-order chi connectivity index (χ0) is 16.1. The zero-order valence-electron chi connectivity index (χ0n) is 13.1. The third-order valence-electron chi connectivity index (χ3n) is 3.49. The molecule has 2 N–H and O–H groups in total. The van der Waals surface area contributed by atoms with Gasteiger partial charge in [-0.15, -0.1) is 0 Å². The number of non-ortho nitro benzene ring substituents is 1. The highest BCUT2D eigenvalue weighted by Gasteiger charge is 2.05. The van der Waals surface area contributed by atoms with Gasteiger partial charge in [-0.05, 0) is 38.0 Å². The fraction of sp³-hybridized carbons (Fsp3) is 0.294. The van der Waals surface area contributed by atoms with Crippen molar-refractivity contribution in [2.24, 2.45) is 0 Å². The molecule has 0 atom stereocenters. The molecule has 2 rings (SSSR count). The van der Waals surface area contributed by atoms with E-state index in [-0.39, 0.29) is 10.6 Å². The van der Waals surface area contributed by atoms with Crippen molar-refractivity contribution in [2.75, 3.05) is 23.7 Å². The number of nitro benzene ring substituents is 1. The topological polar surface area (TPSA) is 67.2 Å². The molecule has 2 aromatic rings. The van der Waals surface area contributed by atoms with Crippen LogP contribution >= 0.6 is 0 Å². The molecular formula is C17H21N3O2. The molecule has 116 valence electrons. The summed E-state index contributed by atoms with van der Waals surface area (Å²) in [6, 6.07) is 10.9. The Balaban J connectivity index is 1.90. The average Bonchev–Trinajstić information content (AvgIpc) is 2.45. The fourth-order valence-electron chi connectivity index (χ4n) is 2.58. The summed E-state index contributed by atoms with van der Waals surface area (Å²) < 4.78 is 0. The van der Waals surface area contributed by atoms with Gasteiger partial charge >= 0.3 is 0 Å². The molecule has 0 aliphatic rings. The smallest absolute Gasteiger partial charge is 0.271 e. The fourth-order valence-corrected chi connectivity index (χ4v) is 2.58. The molecule has 0 unspecified atom stereocenters. The lowest BCUT2D eigenvalue weighted by molar-refractivity contribution is -0.384. The number of nitrogens with one attached hydrogen (secondary N) is 2. The molecule has 0 saturated heterocycles. The summed E-state index contributed by atoms with van der Waals surface area (Å²) in [7, 11) is 0. The van der Waals surface area contributed by atoms with Gasteiger partial charge in [0.15, 0.2) is 0 Å². The monoisotopic (exact) mass is 299 g/mol. The number of nitro groups is 1. The van der Waals surface area contributed by atoms with Gasteiger partial charge < -0.3 is 10.6 Å². The second-order valence-electron chi connectivity index (χ2n) is 5.43. The Bertz CT molecular complexity index is 660. The van der Waals surface area contributed by atoms with Crippen LogP contribution in [0, 0.1) is 30.9 Å². The molecule has 0 aromatic heterocycles. The first kappa shape index (κ1) is 15.8. The quantitative estimate of drug-likeness (QED) is 0.480. The van der Waals surface area contributed by atoms with E-state index in [4.69, 9.17) is 0 Å². The van der Waals surface area contributed by atoms with Crippen molar-refractivity contribution in [3.63, 3.8) is 0 Å². The van der Waals surface area contributed by atoms with E-state index < -0.39 is 0 Å². The minimum absolute atomic E-state index is 0.100. The van der Waals surface area contributed by atoms with Crippen LogP contribution in [0.3, 0.4) is 0 Å². The summed E-state index contributed by atoms with van der Waals surface area (Å²) in [5, 5.41) is 17.3.